The molecule has 2 heterocycles. The van der Waals surface area contributed by atoms with Crippen molar-refractivity contribution in [1.29, 1.82) is 0 Å². The van der Waals surface area contributed by atoms with Crippen LogP contribution in [0.15, 0.2) is 35.1 Å². The van der Waals surface area contributed by atoms with E-state index in [1.165, 1.54) is 18.2 Å². The van der Waals surface area contributed by atoms with Crippen LogP contribution in [0, 0.1) is 10.1 Å². The van der Waals surface area contributed by atoms with Gasteiger partial charge in [0.15, 0.2) is 5.82 Å². The van der Waals surface area contributed by atoms with Crippen LogP contribution in [-0.2, 0) is 6.42 Å². The number of nitrogens with one attached hydrogen (secondary N) is 3. The predicted molar refractivity (Wildman–Crippen MR) is 91.8 cm³/mol. The van der Waals surface area contributed by atoms with Crippen LogP contribution in [-0.4, -0.2) is 26.0 Å². The first-order valence-electron chi connectivity index (χ1n) is 7.65. The number of aryl methyl sites for hydroxylation is 1. The maximum atomic E-state index is 12.5. The number of carbonyl (C=O) groups is 1. The fourth-order valence-electron chi connectivity index (χ4n) is 2.55. The van der Waals surface area contributed by atoms with E-state index in [0.29, 0.717) is 11.3 Å². The van der Waals surface area contributed by atoms with Gasteiger partial charge in [-0.2, -0.15) is 5.10 Å². The normalized spacial score (nSPS) is 10.8. The number of anilines is 1. The van der Waals surface area contributed by atoms with E-state index in [0.717, 1.165) is 24.6 Å². The summed E-state index contributed by atoms with van der Waals surface area (Å²) < 4.78 is 0. The van der Waals surface area contributed by atoms with Crippen molar-refractivity contribution >= 4 is 28.3 Å². The van der Waals surface area contributed by atoms with Crippen LogP contribution in [0.1, 0.15) is 29.4 Å². The molecule has 0 spiro atoms. The molecule has 0 aliphatic heterocycles. The molecule has 0 unspecified atom stereocenters. The maximum Gasteiger partial charge on any atom is 0.270 e. The van der Waals surface area contributed by atoms with E-state index in [9.17, 15) is 19.7 Å². The molecule has 0 aliphatic rings. The van der Waals surface area contributed by atoms with Crippen molar-refractivity contribution in [3.05, 3.63) is 62.1 Å². The zero-order chi connectivity index (χ0) is 18.0. The van der Waals surface area contributed by atoms with Crippen LogP contribution >= 0.6 is 0 Å². The van der Waals surface area contributed by atoms with E-state index in [1.807, 2.05) is 6.92 Å². The van der Waals surface area contributed by atoms with Gasteiger partial charge in [-0.25, -0.2) is 0 Å². The average molecular weight is 341 g/mol. The van der Waals surface area contributed by atoms with Crippen LogP contribution in [0.3, 0.4) is 0 Å². The minimum Gasteiger partial charge on any atom is -0.322 e. The molecule has 1 amide bonds. The third-order valence-corrected chi connectivity index (χ3v) is 3.67. The summed E-state index contributed by atoms with van der Waals surface area (Å²) in [6.07, 6.45) is 1.72. The Labute approximate surface area is 141 Å². The number of pyridine rings is 1. The molecule has 9 heteroatoms. The quantitative estimate of drug-likeness (QED) is 0.484. The molecule has 0 fully saturated rings. The van der Waals surface area contributed by atoms with Gasteiger partial charge in [0, 0.05) is 40.9 Å². The van der Waals surface area contributed by atoms with Gasteiger partial charge in [-0.1, -0.05) is 13.3 Å². The van der Waals surface area contributed by atoms with Crippen molar-refractivity contribution < 1.29 is 9.72 Å². The minimum absolute atomic E-state index is 0.0440. The lowest BCUT2D eigenvalue weighted by atomic mass is 10.1. The Balaban J connectivity index is 2.00. The summed E-state index contributed by atoms with van der Waals surface area (Å²) in [5.41, 5.74) is 0.627. The second-order valence-corrected chi connectivity index (χ2v) is 5.52. The van der Waals surface area contributed by atoms with Gasteiger partial charge in [0.1, 0.15) is 0 Å². The number of aromatic nitrogens is 3. The third kappa shape index (κ3) is 3.39. The number of nitrogens with zero attached hydrogens (tertiary/aromatic N) is 2. The van der Waals surface area contributed by atoms with E-state index in [2.05, 4.69) is 20.5 Å². The van der Waals surface area contributed by atoms with Gasteiger partial charge >= 0.3 is 0 Å². The zero-order valence-corrected chi connectivity index (χ0v) is 13.3. The minimum atomic E-state index is -0.564. The number of hydrogen-bond donors (Lipinski definition) is 3. The lowest BCUT2D eigenvalue weighted by Crippen LogP contribution is -2.17. The van der Waals surface area contributed by atoms with E-state index < -0.39 is 16.4 Å². The van der Waals surface area contributed by atoms with Crippen molar-refractivity contribution in [2.75, 3.05) is 5.32 Å². The molecule has 25 heavy (non-hydrogen) atoms. The Bertz CT molecular complexity index is 1020. The van der Waals surface area contributed by atoms with E-state index in [4.69, 9.17) is 0 Å². The Morgan fingerprint density at radius 3 is 2.84 bits per heavy atom. The van der Waals surface area contributed by atoms with Crippen LogP contribution in [0.2, 0.25) is 0 Å². The van der Waals surface area contributed by atoms with Gasteiger partial charge in [0.25, 0.3) is 11.6 Å². The predicted octanol–water partition coefficient (Wildman–Crippen LogP) is 2.36. The smallest absolute Gasteiger partial charge is 0.270 e. The number of nitro groups is 1. The molecule has 3 rings (SSSR count). The van der Waals surface area contributed by atoms with Crippen molar-refractivity contribution in [2.24, 2.45) is 0 Å². The van der Waals surface area contributed by atoms with Gasteiger partial charge in [0.05, 0.1) is 10.5 Å². The Kier molecular flexibility index (Phi) is 4.29. The van der Waals surface area contributed by atoms with Gasteiger partial charge in [-0.3, -0.25) is 24.8 Å². The molecular weight excluding hydrogens is 326 g/mol. The van der Waals surface area contributed by atoms with Gasteiger partial charge in [-0.05, 0) is 12.5 Å². The highest BCUT2D eigenvalue weighted by Crippen LogP contribution is 2.22. The fraction of sp³-hybridized carbons (Fsp3) is 0.188. The van der Waals surface area contributed by atoms with Crippen molar-refractivity contribution in [3.8, 4) is 0 Å². The molecule has 9 nitrogen and oxygen atoms in total. The summed E-state index contributed by atoms with van der Waals surface area (Å²) in [5.74, 6) is -0.238. The molecule has 3 aromatic rings. The van der Waals surface area contributed by atoms with E-state index in [-0.39, 0.29) is 16.6 Å². The summed E-state index contributed by atoms with van der Waals surface area (Å²) in [7, 11) is 0. The number of H-pyrrole nitrogens is 2. The standard InChI is InChI=1S/C16H15N5O4/c1-2-3-9-6-14(20-19-9)18-16(23)12-8-15(22)17-13-5-4-10(21(24)25)7-11(12)13/h4-8H,2-3H2,1H3,(H,17,22)(H2,18,19,20,23). The first-order chi connectivity index (χ1) is 12.0. The molecule has 0 saturated carbocycles. The Morgan fingerprint density at radius 1 is 1.32 bits per heavy atom. The summed E-state index contributed by atoms with van der Waals surface area (Å²) in [6, 6.07) is 6.75. The molecule has 0 radical (unpaired) electrons. The molecule has 0 bridgehead atoms. The Morgan fingerprint density at radius 2 is 2.12 bits per heavy atom. The van der Waals surface area contributed by atoms with Crippen LogP contribution in [0.25, 0.3) is 10.9 Å². The summed E-state index contributed by atoms with van der Waals surface area (Å²) in [6.45, 7) is 2.02. The Hall–Kier alpha value is -3.49. The van der Waals surface area contributed by atoms with Gasteiger partial charge in [0.2, 0.25) is 5.56 Å². The summed E-state index contributed by atoms with van der Waals surface area (Å²) in [4.78, 5) is 37.3. The number of non-ortho nitro benzene ring substituents is 1. The van der Waals surface area contributed by atoms with Crippen LogP contribution in [0.5, 0.6) is 0 Å². The molecular formula is C16H15N5O4. The van der Waals surface area contributed by atoms with Gasteiger partial charge in [-0.15, -0.1) is 0 Å². The topological polar surface area (TPSA) is 134 Å². The molecule has 0 aliphatic carbocycles. The maximum absolute atomic E-state index is 12.5. The zero-order valence-electron chi connectivity index (χ0n) is 13.3. The highest BCUT2D eigenvalue weighted by Gasteiger charge is 2.16. The highest BCUT2D eigenvalue weighted by atomic mass is 16.6. The number of amides is 1. The van der Waals surface area contributed by atoms with Crippen molar-refractivity contribution in [1.82, 2.24) is 15.2 Å². The molecule has 0 atom stereocenters. The molecule has 1 aromatic carbocycles. The second-order valence-electron chi connectivity index (χ2n) is 5.52. The third-order valence-electron chi connectivity index (χ3n) is 3.67. The number of nitro benzene ring substituents is 1. The first-order valence-corrected chi connectivity index (χ1v) is 7.65. The lowest BCUT2D eigenvalue weighted by molar-refractivity contribution is -0.384. The molecule has 0 saturated heterocycles. The SMILES string of the molecule is CCCc1cc(NC(=O)c2cc(=O)[nH]c3ccc([N+](=O)[O-])cc23)n[nH]1. The molecule has 2 aromatic heterocycles. The second kappa shape index (κ2) is 6.56. The number of carbonyl (C=O) groups excluding carboxylic acids is 1. The lowest BCUT2D eigenvalue weighted by Gasteiger charge is -2.06. The van der Waals surface area contributed by atoms with Crippen LogP contribution < -0.4 is 10.9 Å². The summed E-state index contributed by atoms with van der Waals surface area (Å²) in [5, 5.41) is 20.7. The number of rotatable bonds is 5. The number of benzene rings is 1. The largest absolute Gasteiger partial charge is 0.322 e. The number of hydrogen-bond acceptors (Lipinski definition) is 5. The molecule has 3 N–H and O–H groups in total. The summed E-state index contributed by atoms with van der Waals surface area (Å²) >= 11 is 0. The van der Waals surface area contributed by atoms with Crippen molar-refractivity contribution in [3.63, 3.8) is 0 Å². The fourth-order valence-corrected chi connectivity index (χ4v) is 2.55. The molecule has 128 valence electrons. The average Bonchev–Trinajstić information content (AvgIpc) is 3.00. The van der Waals surface area contributed by atoms with Crippen LogP contribution in [0.4, 0.5) is 11.5 Å². The first kappa shape index (κ1) is 16.4. The van der Waals surface area contributed by atoms with E-state index >= 15 is 0 Å². The highest BCUT2D eigenvalue weighted by molar-refractivity contribution is 6.12. The van der Waals surface area contributed by atoms with Crippen molar-refractivity contribution in [2.45, 2.75) is 19.8 Å². The van der Waals surface area contributed by atoms with Gasteiger partial charge < -0.3 is 10.3 Å². The number of fused-ring (bicyclic) bond motifs is 1. The number of aromatic amines is 2. The van der Waals surface area contributed by atoms with E-state index in [1.54, 1.807) is 6.07 Å². The monoisotopic (exact) mass is 341 g/mol.